The van der Waals surface area contributed by atoms with Crippen LogP contribution >= 0.6 is 0 Å². The molecule has 1 heterocycles. The highest BCUT2D eigenvalue weighted by Gasteiger charge is 2.34. The van der Waals surface area contributed by atoms with E-state index in [2.05, 4.69) is 5.32 Å². The number of rotatable bonds is 4. The van der Waals surface area contributed by atoms with Crippen molar-refractivity contribution in [3.8, 4) is 0 Å². The second kappa shape index (κ2) is 6.13. The fourth-order valence-electron chi connectivity index (χ4n) is 2.61. The quantitative estimate of drug-likeness (QED) is 0.681. The minimum Gasteiger partial charge on any atom is -0.340 e. The molecule has 0 saturated carbocycles. The van der Waals surface area contributed by atoms with Gasteiger partial charge in [-0.25, -0.2) is 0 Å². The minimum atomic E-state index is -0.612. The van der Waals surface area contributed by atoms with Gasteiger partial charge in [0.2, 0.25) is 5.91 Å². The van der Waals surface area contributed by atoms with Crippen molar-refractivity contribution in [2.75, 3.05) is 11.4 Å². The molecule has 0 aliphatic carbocycles. The Morgan fingerprint density at radius 2 is 2.05 bits per heavy atom. The van der Waals surface area contributed by atoms with Gasteiger partial charge >= 0.3 is 0 Å². The fourth-order valence-corrected chi connectivity index (χ4v) is 2.61. The zero-order valence-corrected chi connectivity index (χ0v) is 12.8. The van der Waals surface area contributed by atoms with E-state index in [0.717, 1.165) is 0 Å². The number of carbonyl (C=O) groups excluding carboxylic acids is 2. The monoisotopic (exact) mass is 305 g/mol. The summed E-state index contributed by atoms with van der Waals surface area (Å²) in [7, 11) is 0. The Hall–Kier alpha value is -2.44. The first-order valence-electron chi connectivity index (χ1n) is 7.25. The minimum absolute atomic E-state index is 0.139. The van der Waals surface area contributed by atoms with Crippen LogP contribution in [-0.4, -0.2) is 29.3 Å². The third-order valence-corrected chi connectivity index (χ3v) is 3.62. The third kappa shape index (κ3) is 2.93. The number of carbonyl (C=O) groups is 2. The number of nitrogens with zero attached hydrogens (tertiary/aromatic N) is 2. The van der Waals surface area contributed by atoms with E-state index in [-0.39, 0.29) is 29.0 Å². The Morgan fingerprint density at radius 1 is 1.36 bits per heavy atom. The van der Waals surface area contributed by atoms with Gasteiger partial charge in [0.15, 0.2) is 0 Å². The van der Waals surface area contributed by atoms with E-state index < -0.39 is 11.0 Å². The highest BCUT2D eigenvalue weighted by atomic mass is 16.6. The first-order valence-corrected chi connectivity index (χ1v) is 7.25. The van der Waals surface area contributed by atoms with Crippen LogP contribution < -0.4 is 10.2 Å². The van der Waals surface area contributed by atoms with Crippen molar-refractivity contribution in [3.05, 3.63) is 33.9 Å². The molecule has 7 heteroatoms. The maximum atomic E-state index is 12.6. The molecule has 0 aromatic heterocycles. The number of hydrogen-bond acceptors (Lipinski definition) is 4. The molecule has 0 spiro atoms. The van der Waals surface area contributed by atoms with E-state index >= 15 is 0 Å². The first-order chi connectivity index (χ1) is 10.3. The molecule has 7 nitrogen and oxygen atoms in total. The molecule has 0 unspecified atom stereocenters. The summed E-state index contributed by atoms with van der Waals surface area (Å²) in [4.78, 5) is 36.8. The van der Waals surface area contributed by atoms with Crippen LogP contribution in [-0.2, 0) is 4.79 Å². The van der Waals surface area contributed by atoms with Gasteiger partial charge in [0.05, 0.1) is 16.2 Å². The lowest BCUT2D eigenvalue weighted by molar-refractivity contribution is -0.384. The van der Waals surface area contributed by atoms with Gasteiger partial charge in [-0.2, -0.15) is 0 Å². The Labute approximate surface area is 128 Å². The fraction of sp³-hybridized carbons (Fsp3) is 0.467. The molecule has 1 N–H and O–H groups in total. The van der Waals surface area contributed by atoms with E-state index in [1.165, 1.54) is 23.1 Å². The second-order valence-electron chi connectivity index (χ2n) is 5.70. The molecule has 2 amide bonds. The number of likely N-dealkylation sites (N-methyl/N-ethyl adjacent to an activating group) is 1. The van der Waals surface area contributed by atoms with Crippen LogP contribution in [0.3, 0.4) is 0 Å². The molecule has 1 aromatic rings. The predicted molar refractivity (Wildman–Crippen MR) is 81.8 cm³/mol. The van der Waals surface area contributed by atoms with Crippen LogP contribution in [0.2, 0.25) is 0 Å². The number of hydrogen-bond donors (Lipinski definition) is 1. The molecule has 2 rings (SSSR count). The molecule has 0 bridgehead atoms. The van der Waals surface area contributed by atoms with Gasteiger partial charge < -0.3 is 10.2 Å². The van der Waals surface area contributed by atoms with Gasteiger partial charge in [-0.15, -0.1) is 0 Å². The summed E-state index contributed by atoms with van der Waals surface area (Å²) in [6, 6.07) is 3.35. The molecule has 1 aliphatic heterocycles. The molecule has 118 valence electrons. The summed E-state index contributed by atoms with van der Waals surface area (Å²) in [5.41, 5.74) is 0.442. The summed E-state index contributed by atoms with van der Waals surface area (Å²) in [6.45, 7) is 6.07. The van der Waals surface area contributed by atoms with Gasteiger partial charge in [-0.3, -0.25) is 19.7 Å². The zero-order valence-electron chi connectivity index (χ0n) is 12.8. The molecule has 1 aliphatic rings. The molecular weight excluding hydrogens is 286 g/mol. The number of fused-ring (bicyclic) bond motifs is 1. The standard InChI is InChI=1S/C15H19N3O4/c1-4-17-13-8-10(18(21)22)5-6-11(13)14(19)16-12(15(17)20)7-9(2)3/h5-6,8-9,12H,4,7H2,1-3H3,(H,16,19)/t12-/m0/s1. The third-order valence-electron chi connectivity index (χ3n) is 3.62. The van der Waals surface area contributed by atoms with Crippen LogP contribution in [0.25, 0.3) is 0 Å². The highest BCUT2D eigenvalue weighted by molar-refractivity contribution is 6.11. The van der Waals surface area contributed by atoms with Crippen molar-refractivity contribution in [3.63, 3.8) is 0 Å². The van der Waals surface area contributed by atoms with Gasteiger partial charge in [-0.05, 0) is 25.3 Å². The van der Waals surface area contributed by atoms with E-state index in [0.29, 0.717) is 18.7 Å². The van der Waals surface area contributed by atoms with Crippen molar-refractivity contribution in [1.82, 2.24) is 5.32 Å². The summed E-state index contributed by atoms with van der Waals surface area (Å²) < 4.78 is 0. The normalized spacial score (nSPS) is 18.0. The second-order valence-corrected chi connectivity index (χ2v) is 5.70. The van der Waals surface area contributed by atoms with Crippen LogP contribution in [0.15, 0.2) is 18.2 Å². The molecular formula is C15H19N3O4. The van der Waals surface area contributed by atoms with Crippen LogP contribution in [0.1, 0.15) is 37.6 Å². The van der Waals surface area contributed by atoms with E-state index in [1.54, 1.807) is 6.92 Å². The number of amides is 2. The molecule has 1 aromatic carbocycles. The largest absolute Gasteiger partial charge is 0.340 e. The Balaban J connectivity index is 2.51. The number of nitro benzene ring substituents is 1. The van der Waals surface area contributed by atoms with Crippen molar-refractivity contribution in [1.29, 1.82) is 0 Å². The maximum Gasteiger partial charge on any atom is 0.271 e. The number of nitro groups is 1. The Morgan fingerprint density at radius 3 is 2.59 bits per heavy atom. The van der Waals surface area contributed by atoms with Gasteiger partial charge in [-0.1, -0.05) is 13.8 Å². The molecule has 0 radical (unpaired) electrons. The van der Waals surface area contributed by atoms with Crippen molar-refractivity contribution in [2.24, 2.45) is 5.92 Å². The number of benzene rings is 1. The van der Waals surface area contributed by atoms with Crippen molar-refractivity contribution >= 4 is 23.2 Å². The van der Waals surface area contributed by atoms with Gasteiger partial charge in [0, 0.05) is 18.7 Å². The zero-order chi connectivity index (χ0) is 16.4. The Kier molecular flexibility index (Phi) is 4.44. The topological polar surface area (TPSA) is 92.6 Å². The summed E-state index contributed by atoms with van der Waals surface area (Å²) in [5, 5.41) is 13.7. The lowest BCUT2D eigenvalue weighted by Crippen LogP contribution is -2.46. The average molecular weight is 305 g/mol. The number of nitrogens with one attached hydrogen (secondary N) is 1. The SMILES string of the molecule is CCN1C(=O)[C@H](CC(C)C)NC(=O)c2ccc([N+](=O)[O-])cc21. The Bertz CT molecular complexity index is 627. The highest BCUT2D eigenvalue weighted by Crippen LogP contribution is 2.29. The molecule has 0 fully saturated rings. The van der Waals surface area contributed by atoms with Crippen LogP contribution in [0, 0.1) is 16.0 Å². The smallest absolute Gasteiger partial charge is 0.271 e. The molecule has 1 atom stereocenters. The summed E-state index contributed by atoms with van der Waals surface area (Å²) in [6.07, 6.45) is 0.525. The maximum absolute atomic E-state index is 12.6. The van der Waals surface area contributed by atoms with E-state index in [1.807, 2.05) is 13.8 Å². The predicted octanol–water partition coefficient (Wildman–Crippen LogP) is 2.11. The molecule has 0 saturated heterocycles. The summed E-state index contributed by atoms with van der Waals surface area (Å²) >= 11 is 0. The van der Waals surface area contributed by atoms with Gasteiger partial charge in [0.1, 0.15) is 6.04 Å². The number of anilines is 1. The van der Waals surface area contributed by atoms with Crippen molar-refractivity contribution in [2.45, 2.75) is 33.2 Å². The summed E-state index contributed by atoms with van der Waals surface area (Å²) in [5.74, 6) is -0.368. The average Bonchev–Trinajstić information content (AvgIpc) is 2.54. The molecule has 22 heavy (non-hydrogen) atoms. The first kappa shape index (κ1) is 15.9. The van der Waals surface area contributed by atoms with Gasteiger partial charge in [0.25, 0.3) is 11.6 Å². The number of non-ortho nitro benzene ring substituents is 1. The lowest BCUT2D eigenvalue weighted by Gasteiger charge is -2.24. The van der Waals surface area contributed by atoms with Crippen molar-refractivity contribution < 1.29 is 14.5 Å². The van der Waals surface area contributed by atoms with Crippen LogP contribution in [0.5, 0.6) is 0 Å². The van der Waals surface area contributed by atoms with E-state index in [4.69, 9.17) is 0 Å². The lowest BCUT2D eigenvalue weighted by atomic mass is 10.0. The van der Waals surface area contributed by atoms with Crippen LogP contribution in [0.4, 0.5) is 11.4 Å². The van der Waals surface area contributed by atoms with E-state index in [9.17, 15) is 19.7 Å².